The van der Waals surface area contributed by atoms with Crippen molar-refractivity contribution in [1.29, 1.82) is 0 Å². The van der Waals surface area contributed by atoms with Crippen molar-refractivity contribution in [2.24, 2.45) is 0 Å². The summed E-state index contributed by atoms with van der Waals surface area (Å²) in [6, 6.07) is 3.82. The fourth-order valence-electron chi connectivity index (χ4n) is 1.77. The SMILES string of the molecule is O=C(N[C@H]1CCNC1)c1c(O)cccc1F. The Bertz CT molecular complexity index is 383. The van der Waals surface area contributed by atoms with E-state index in [9.17, 15) is 14.3 Å². The topological polar surface area (TPSA) is 61.4 Å². The molecule has 1 aliphatic rings. The third-order valence-corrected chi connectivity index (χ3v) is 2.61. The zero-order chi connectivity index (χ0) is 11.5. The van der Waals surface area contributed by atoms with Gasteiger partial charge in [0.05, 0.1) is 0 Å². The fraction of sp³-hybridized carbons (Fsp3) is 0.364. The number of benzene rings is 1. The van der Waals surface area contributed by atoms with E-state index in [2.05, 4.69) is 10.6 Å². The molecule has 1 amide bonds. The second kappa shape index (κ2) is 4.49. The third-order valence-electron chi connectivity index (χ3n) is 2.61. The highest BCUT2D eigenvalue weighted by atomic mass is 19.1. The van der Waals surface area contributed by atoms with E-state index >= 15 is 0 Å². The Morgan fingerprint density at radius 1 is 1.56 bits per heavy atom. The highest BCUT2D eigenvalue weighted by Gasteiger charge is 2.21. The lowest BCUT2D eigenvalue weighted by Crippen LogP contribution is -2.36. The van der Waals surface area contributed by atoms with Gasteiger partial charge < -0.3 is 15.7 Å². The van der Waals surface area contributed by atoms with Gasteiger partial charge in [-0.2, -0.15) is 0 Å². The summed E-state index contributed by atoms with van der Waals surface area (Å²) in [5.74, 6) is -1.60. The standard InChI is InChI=1S/C11H13FN2O2/c12-8-2-1-3-9(15)10(8)11(16)14-7-4-5-13-6-7/h1-3,7,13,15H,4-6H2,(H,14,16)/t7-/m0/s1. The molecule has 5 heteroatoms. The summed E-state index contributed by atoms with van der Waals surface area (Å²) in [6.07, 6.45) is 0.820. The van der Waals surface area contributed by atoms with Gasteiger partial charge in [0, 0.05) is 12.6 Å². The molecule has 86 valence electrons. The van der Waals surface area contributed by atoms with Crippen LogP contribution in [-0.4, -0.2) is 30.1 Å². The van der Waals surface area contributed by atoms with Gasteiger partial charge in [-0.1, -0.05) is 6.07 Å². The number of carbonyl (C=O) groups is 1. The Morgan fingerprint density at radius 3 is 3.00 bits per heavy atom. The first-order valence-corrected chi connectivity index (χ1v) is 5.17. The van der Waals surface area contributed by atoms with E-state index in [0.717, 1.165) is 19.0 Å². The number of amides is 1. The normalized spacial score (nSPS) is 19.7. The molecular weight excluding hydrogens is 211 g/mol. The molecule has 4 nitrogen and oxygen atoms in total. The van der Waals surface area contributed by atoms with E-state index in [0.29, 0.717) is 6.54 Å². The van der Waals surface area contributed by atoms with Gasteiger partial charge >= 0.3 is 0 Å². The minimum atomic E-state index is -0.705. The molecule has 2 rings (SSSR count). The van der Waals surface area contributed by atoms with Crippen LogP contribution in [0.4, 0.5) is 4.39 Å². The quantitative estimate of drug-likeness (QED) is 0.690. The Kier molecular flexibility index (Phi) is 3.05. The summed E-state index contributed by atoms with van der Waals surface area (Å²) in [5, 5.41) is 15.2. The van der Waals surface area contributed by atoms with Gasteiger partial charge in [0.2, 0.25) is 0 Å². The lowest BCUT2D eigenvalue weighted by molar-refractivity contribution is 0.0933. The van der Waals surface area contributed by atoms with Crippen LogP contribution in [0.25, 0.3) is 0 Å². The van der Waals surface area contributed by atoms with Gasteiger partial charge in [0.25, 0.3) is 5.91 Å². The summed E-state index contributed by atoms with van der Waals surface area (Å²) < 4.78 is 13.3. The minimum absolute atomic E-state index is 0.00602. The summed E-state index contributed by atoms with van der Waals surface area (Å²) >= 11 is 0. The first kappa shape index (κ1) is 10.9. The Hall–Kier alpha value is -1.62. The minimum Gasteiger partial charge on any atom is -0.507 e. The number of halogens is 1. The smallest absolute Gasteiger partial charge is 0.258 e. The van der Waals surface area contributed by atoms with E-state index in [4.69, 9.17) is 0 Å². The molecule has 1 heterocycles. The zero-order valence-electron chi connectivity index (χ0n) is 8.66. The van der Waals surface area contributed by atoms with E-state index < -0.39 is 11.7 Å². The number of hydrogen-bond acceptors (Lipinski definition) is 3. The maximum absolute atomic E-state index is 13.3. The highest BCUT2D eigenvalue weighted by Crippen LogP contribution is 2.19. The van der Waals surface area contributed by atoms with E-state index in [1.165, 1.54) is 12.1 Å². The predicted octanol–water partition coefficient (Wildman–Crippen LogP) is 0.623. The van der Waals surface area contributed by atoms with Gasteiger partial charge in [-0.05, 0) is 25.1 Å². The van der Waals surface area contributed by atoms with Crippen molar-refractivity contribution in [3.05, 3.63) is 29.6 Å². The first-order chi connectivity index (χ1) is 7.68. The number of rotatable bonds is 2. The van der Waals surface area contributed by atoms with Crippen molar-refractivity contribution < 1.29 is 14.3 Å². The average Bonchev–Trinajstić information content (AvgIpc) is 2.70. The Morgan fingerprint density at radius 2 is 2.38 bits per heavy atom. The van der Waals surface area contributed by atoms with Gasteiger partial charge in [-0.3, -0.25) is 4.79 Å². The van der Waals surface area contributed by atoms with Crippen LogP contribution in [0.15, 0.2) is 18.2 Å². The van der Waals surface area contributed by atoms with Crippen molar-refractivity contribution in [2.45, 2.75) is 12.5 Å². The molecular formula is C11H13FN2O2. The molecule has 1 aromatic carbocycles. The summed E-state index contributed by atoms with van der Waals surface area (Å²) in [6.45, 7) is 1.52. The van der Waals surface area contributed by atoms with Crippen LogP contribution < -0.4 is 10.6 Å². The lowest BCUT2D eigenvalue weighted by Gasteiger charge is -2.12. The molecule has 0 aromatic heterocycles. The molecule has 0 radical (unpaired) electrons. The molecule has 1 atom stereocenters. The molecule has 1 aromatic rings. The van der Waals surface area contributed by atoms with Gasteiger partial charge in [0.15, 0.2) is 0 Å². The van der Waals surface area contributed by atoms with Crippen molar-refractivity contribution in [1.82, 2.24) is 10.6 Å². The van der Waals surface area contributed by atoms with E-state index in [1.807, 2.05) is 0 Å². The molecule has 0 saturated carbocycles. The number of nitrogens with one attached hydrogen (secondary N) is 2. The molecule has 16 heavy (non-hydrogen) atoms. The molecule has 1 fully saturated rings. The molecule has 3 N–H and O–H groups in total. The largest absolute Gasteiger partial charge is 0.507 e. The molecule has 1 saturated heterocycles. The van der Waals surface area contributed by atoms with Crippen LogP contribution >= 0.6 is 0 Å². The number of carbonyl (C=O) groups excluding carboxylic acids is 1. The summed E-state index contributed by atoms with van der Waals surface area (Å²) in [5.41, 5.74) is -0.283. The average molecular weight is 224 g/mol. The molecule has 0 aliphatic carbocycles. The van der Waals surface area contributed by atoms with Crippen LogP contribution in [-0.2, 0) is 0 Å². The van der Waals surface area contributed by atoms with Crippen molar-refractivity contribution in [3.63, 3.8) is 0 Å². The third kappa shape index (κ3) is 2.14. The van der Waals surface area contributed by atoms with Gasteiger partial charge in [-0.15, -0.1) is 0 Å². The van der Waals surface area contributed by atoms with Gasteiger partial charge in [-0.25, -0.2) is 4.39 Å². The fourth-order valence-corrected chi connectivity index (χ4v) is 1.77. The number of hydrogen-bond donors (Lipinski definition) is 3. The summed E-state index contributed by atoms with van der Waals surface area (Å²) in [7, 11) is 0. The highest BCUT2D eigenvalue weighted by molar-refractivity contribution is 5.97. The van der Waals surface area contributed by atoms with Crippen molar-refractivity contribution in [3.8, 4) is 5.75 Å². The number of phenols is 1. The Labute approximate surface area is 92.5 Å². The first-order valence-electron chi connectivity index (χ1n) is 5.17. The maximum Gasteiger partial charge on any atom is 0.258 e. The number of aromatic hydroxyl groups is 1. The van der Waals surface area contributed by atoms with Crippen LogP contribution in [0, 0.1) is 5.82 Å². The second-order valence-corrected chi connectivity index (χ2v) is 3.80. The van der Waals surface area contributed by atoms with E-state index in [1.54, 1.807) is 0 Å². The molecule has 0 unspecified atom stereocenters. The molecule has 0 spiro atoms. The van der Waals surface area contributed by atoms with Crippen LogP contribution in [0.2, 0.25) is 0 Å². The van der Waals surface area contributed by atoms with Crippen LogP contribution in [0.5, 0.6) is 5.75 Å². The van der Waals surface area contributed by atoms with Crippen LogP contribution in [0.3, 0.4) is 0 Å². The van der Waals surface area contributed by atoms with Gasteiger partial charge in [0.1, 0.15) is 17.1 Å². The zero-order valence-corrected chi connectivity index (χ0v) is 8.66. The monoisotopic (exact) mass is 224 g/mol. The van der Waals surface area contributed by atoms with Crippen LogP contribution in [0.1, 0.15) is 16.8 Å². The maximum atomic E-state index is 13.3. The second-order valence-electron chi connectivity index (χ2n) is 3.80. The molecule has 0 bridgehead atoms. The van der Waals surface area contributed by atoms with Crippen molar-refractivity contribution >= 4 is 5.91 Å². The summed E-state index contributed by atoms with van der Waals surface area (Å²) in [4.78, 5) is 11.7. The van der Waals surface area contributed by atoms with E-state index in [-0.39, 0.29) is 17.4 Å². The Balaban J connectivity index is 2.13. The molecule has 1 aliphatic heterocycles. The van der Waals surface area contributed by atoms with Crippen molar-refractivity contribution in [2.75, 3.05) is 13.1 Å². The predicted molar refractivity (Wildman–Crippen MR) is 56.8 cm³/mol. The number of phenolic OH excluding ortho intramolecular Hbond substituents is 1. The lowest BCUT2D eigenvalue weighted by atomic mass is 10.1.